The summed E-state index contributed by atoms with van der Waals surface area (Å²) in [7, 11) is 3.19. The van der Waals surface area contributed by atoms with Gasteiger partial charge in [-0.3, -0.25) is 9.59 Å². The van der Waals surface area contributed by atoms with Gasteiger partial charge in [-0.05, 0) is 49.3 Å². The van der Waals surface area contributed by atoms with Gasteiger partial charge in [0, 0.05) is 11.6 Å². The lowest BCUT2D eigenvalue weighted by Gasteiger charge is -2.45. The van der Waals surface area contributed by atoms with Gasteiger partial charge < -0.3 is 24.3 Å². The van der Waals surface area contributed by atoms with E-state index < -0.39 is 5.54 Å². The largest absolute Gasteiger partial charge is 0.493 e. The molecule has 7 nitrogen and oxygen atoms in total. The molecule has 0 spiro atoms. The molecule has 2 aliphatic rings. The predicted octanol–water partition coefficient (Wildman–Crippen LogP) is 4.83. The van der Waals surface area contributed by atoms with Gasteiger partial charge in [0.15, 0.2) is 11.5 Å². The molecular weight excluding hydrogens is 462 g/mol. The molecule has 0 radical (unpaired) electrons. The number of amides is 2. The first-order valence-corrected chi connectivity index (χ1v) is 13.1. The van der Waals surface area contributed by atoms with E-state index in [0.29, 0.717) is 29.7 Å². The monoisotopic (exact) mass is 495 g/mol. The van der Waals surface area contributed by atoms with Gasteiger partial charge in [0.25, 0.3) is 5.91 Å². The number of nitrogens with one attached hydrogen (secondary N) is 1. The number of methoxy groups -OCH3 is 2. The molecule has 1 aromatic carbocycles. The van der Waals surface area contributed by atoms with Crippen LogP contribution in [0.1, 0.15) is 55.6 Å². The van der Waals surface area contributed by atoms with Crippen LogP contribution in [0.3, 0.4) is 0 Å². The molecule has 1 saturated carbocycles. The molecule has 1 fully saturated rings. The van der Waals surface area contributed by atoms with Crippen LogP contribution in [0.15, 0.2) is 35.7 Å². The molecule has 186 valence electrons. The van der Waals surface area contributed by atoms with E-state index in [-0.39, 0.29) is 24.4 Å². The molecule has 0 saturated heterocycles. The van der Waals surface area contributed by atoms with Crippen molar-refractivity contribution < 1.29 is 19.1 Å². The number of para-hydroxylation sites is 1. The number of ether oxygens (including phenoxy) is 2. The molecule has 2 amide bonds. The Balaban J connectivity index is 1.56. The van der Waals surface area contributed by atoms with Gasteiger partial charge >= 0.3 is 0 Å². The van der Waals surface area contributed by atoms with Crippen LogP contribution in [0.25, 0.3) is 10.2 Å². The number of carbonyl (C=O) groups is 2. The van der Waals surface area contributed by atoms with Crippen LogP contribution in [0, 0.1) is 5.92 Å². The third-order valence-corrected chi connectivity index (χ3v) is 8.63. The number of hydrogen-bond donors (Lipinski definition) is 1. The number of rotatable bonds is 6. The molecule has 1 aliphatic carbocycles. The first-order valence-electron chi connectivity index (χ1n) is 12.3. The van der Waals surface area contributed by atoms with Crippen molar-refractivity contribution >= 4 is 33.4 Å². The van der Waals surface area contributed by atoms with E-state index in [0.717, 1.165) is 35.0 Å². The summed E-state index contributed by atoms with van der Waals surface area (Å²) in [6, 6.07) is 9.73. The van der Waals surface area contributed by atoms with Gasteiger partial charge in [-0.1, -0.05) is 31.9 Å². The second-order valence-electron chi connectivity index (χ2n) is 9.95. The Bertz CT molecular complexity index is 1260. The van der Waals surface area contributed by atoms with Crippen molar-refractivity contribution in [2.24, 2.45) is 5.92 Å². The Morgan fingerprint density at radius 2 is 2.00 bits per heavy atom. The Labute approximate surface area is 210 Å². The zero-order valence-corrected chi connectivity index (χ0v) is 21.6. The lowest BCUT2D eigenvalue weighted by atomic mass is 9.85. The van der Waals surface area contributed by atoms with Gasteiger partial charge in [-0.15, -0.1) is 11.3 Å². The number of carbonyl (C=O) groups excluding carboxylic acids is 2. The van der Waals surface area contributed by atoms with E-state index in [1.165, 1.54) is 6.42 Å². The molecule has 0 unspecified atom stereocenters. The fourth-order valence-electron chi connectivity index (χ4n) is 5.62. The van der Waals surface area contributed by atoms with Crippen molar-refractivity contribution in [1.29, 1.82) is 0 Å². The zero-order valence-electron chi connectivity index (χ0n) is 20.8. The Kier molecular flexibility index (Phi) is 6.25. The van der Waals surface area contributed by atoms with Crippen molar-refractivity contribution in [3.8, 4) is 11.5 Å². The third kappa shape index (κ3) is 3.97. The standard InChI is InChI=1S/C27H33N3O4S/c1-17-8-5-6-10-19(17)28-26(32)27(2)16-29-20-12-13-35-23(20)14-21(29)25(31)30(27)15-18-9-7-11-22(33-3)24(18)34-4/h7,9,11-14,17,19H,5-6,8,10,15-16H2,1-4H3,(H,28,32)/t17-,19+,27+/m0/s1. The summed E-state index contributed by atoms with van der Waals surface area (Å²) in [4.78, 5) is 29.7. The zero-order chi connectivity index (χ0) is 24.7. The second kappa shape index (κ2) is 9.22. The molecule has 35 heavy (non-hydrogen) atoms. The van der Waals surface area contributed by atoms with Crippen LogP contribution >= 0.6 is 11.3 Å². The highest BCUT2D eigenvalue weighted by Gasteiger charge is 2.48. The van der Waals surface area contributed by atoms with E-state index in [1.54, 1.807) is 30.5 Å². The first kappa shape index (κ1) is 23.7. The molecule has 1 N–H and O–H groups in total. The minimum atomic E-state index is -1.07. The maximum absolute atomic E-state index is 14.0. The van der Waals surface area contributed by atoms with Crippen molar-refractivity contribution in [3.63, 3.8) is 0 Å². The number of thiophene rings is 1. The summed E-state index contributed by atoms with van der Waals surface area (Å²) in [6.45, 7) is 4.73. The maximum Gasteiger partial charge on any atom is 0.271 e. The minimum Gasteiger partial charge on any atom is -0.493 e. The molecular formula is C27H33N3O4S. The SMILES string of the molecule is COc1cccc(CN2C(=O)c3cc4sccc4n3C[C@]2(C)C(=O)N[C@@H]2CCCC[C@@H]2C)c1OC. The van der Waals surface area contributed by atoms with E-state index in [1.807, 2.05) is 47.2 Å². The van der Waals surface area contributed by atoms with Crippen LogP contribution < -0.4 is 14.8 Å². The molecule has 3 aromatic rings. The highest BCUT2D eigenvalue weighted by molar-refractivity contribution is 7.17. The van der Waals surface area contributed by atoms with Crippen LogP contribution in [0.2, 0.25) is 0 Å². The summed E-state index contributed by atoms with van der Waals surface area (Å²) in [6.07, 6.45) is 4.41. The quantitative estimate of drug-likeness (QED) is 0.532. The lowest BCUT2D eigenvalue weighted by molar-refractivity contribution is -0.134. The van der Waals surface area contributed by atoms with E-state index >= 15 is 0 Å². The number of aromatic nitrogens is 1. The van der Waals surface area contributed by atoms with Crippen molar-refractivity contribution in [1.82, 2.24) is 14.8 Å². The van der Waals surface area contributed by atoms with Gasteiger partial charge in [-0.25, -0.2) is 0 Å². The number of hydrogen-bond acceptors (Lipinski definition) is 5. The van der Waals surface area contributed by atoms with Gasteiger partial charge in [0.2, 0.25) is 5.91 Å². The van der Waals surface area contributed by atoms with Crippen molar-refractivity contribution in [3.05, 3.63) is 47.0 Å². The Hall–Kier alpha value is -3.00. The van der Waals surface area contributed by atoms with Crippen LogP contribution in [-0.4, -0.2) is 47.1 Å². The fraction of sp³-hybridized carbons (Fsp3) is 0.481. The normalized spacial score (nSPS) is 24.3. The first-order chi connectivity index (χ1) is 16.9. The summed E-state index contributed by atoms with van der Waals surface area (Å²) < 4.78 is 14.2. The lowest BCUT2D eigenvalue weighted by Crippen LogP contribution is -2.65. The van der Waals surface area contributed by atoms with E-state index in [9.17, 15) is 9.59 Å². The molecule has 2 aromatic heterocycles. The van der Waals surface area contributed by atoms with Crippen LogP contribution in [0.4, 0.5) is 0 Å². The summed E-state index contributed by atoms with van der Waals surface area (Å²) >= 11 is 1.61. The second-order valence-corrected chi connectivity index (χ2v) is 10.9. The van der Waals surface area contributed by atoms with Gasteiger partial charge in [0.1, 0.15) is 11.2 Å². The average Bonchev–Trinajstić information content (AvgIpc) is 3.45. The average molecular weight is 496 g/mol. The molecule has 8 heteroatoms. The minimum absolute atomic E-state index is 0.103. The molecule has 0 bridgehead atoms. The molecule has 3 atom stereocenters. The Morgan fingerprint density at radius 3 is 2.74 bits per heavy atom. The summed E-state index contributed by atoms with van der Waals surface area (Å²) in [5.41, 5.74) is 1.35. The smallest absolute Gasteiger partial charge is 0.271 e. The number of nitrogens with zero attached hydrogens (tertiary/aromatic N) is 2. The molecule has 5 rings (SSSR count). The van der Waals surface area contributed by atoms with E-state index in [2.05, 4.69) is 12.2 Å². The maximum atomic E-state index is 14.0. The highest BCUT2D eigenvalue weighted by atomic mass is 32.1. The van der Waals surface area contributed by atoms with Crippen molar-refractivity contribution in [2.75, 3.05) is 14.2 Å². The topological polar surface area (TPSA) is 72.8 Å². The number of fused-ring (bicyclic) bond motifs is 3. The third-order valence-electron chi connectivity index (χ3n) is 7.78. The number of benzene rings is 1. The summed E-state index contributed by atoms with van der Waals surface area (Å²) in [5.74, 6) is 1.34. The van der Waals surface area contributed by atoms with Gasteiger partial charge in [-0.2, -0.15) is 0 Å². The summed E-state index contributed by atoms with van der Waals surface area (Å²) in [5, 5.41) is 5.36. The molecule has 3 heterocycles. The Morgan fingerprint density at radius 1 is 1.20 bits per heavy atom. The highest BCUT2D eigenvalue weighted by Crippen LogP contribution is 2.38. The predicted molar refractivity (Wildman–Crippen MR) is 137 cm³/mol. The van der Waals surface area contributed by atoms with E-state index in [4.69, 9.17) is 9.47 Å². The van der Waals surface area contributed by atoms with Crippen LogP contribution in [-0.2, 0) is 17.9 Å². The molecule has 1 aliphatic heterocycles. The van der Waals surface area contributed by atoms with Gasteiger partial charge in [0.05, 0.1) is 37.5 Å². The van der Waals surface area contributed by atoms with Crippen LogP contribution in [0.5, 0.6) is 11.5 Å². The fourth-order valence-corrected chi connectivity index (χ4v) is 6.45. The van der Waals surface area contributed by atoms with Crippen molar-refractivity contribution in [2.45, 2.75) is 64.2 Å².